The molecule has 0 aromatic heterocycles. The molecule has 2 saturated heterocycles. The van der Waals surface area contributed by atoms with E-state index < -0.39 is 18.1 Å². The highest BCUT2D eigenvalue weighted by Crippen LogP contribution is 2.32. The molecule has 0 bridgehead atoms. The monoisotopic (exact) mass is 263 g/mol. The average molecular weight is 263 g/mol. The number of hydrogen-bond acceptors (Lipinski definition) is 5. The van der Waals surface area contributed by atoms with Gasteiger partial charge in [0, 0.05) is 5.56 Å². The molecule has 2 aliphatic heterocycles. The van der Waals surface area contributed by atoms with E-state index >= 15 is 0 Å². The predicted molar refractivity (Wildman–Crippen MR) is 67.7 cm³/mol. The van der Waals surface area contributed by atoms with Crippen LogP contribution in [-0.4, -0.2) is 42.9 Å². The molecule has 1 amide bonds. The summed E-state index contributed by atoms with van der Waals surface area (Å²) in [6, 6.07) is 9.66. The van der Waals surface area contributed by atoms with Gasteiger partial charge >= 0.3 is 0 Å². The van der Waals surface area contributed by atoms with Crippen molar-refractivity contribution in [1.82, 2.24) is 10.2 Å². The van der Waals surface area contributed by atoms with Gasteiger partial charge in [0.1, 0.15) is 6.29 Å². The second-order valence-electron chi connectivity index (χ2n) is 4.93. The maximum atomic E-state index is 12.0. The van der Waals surface area contributed by atoms with Crippen LogP contribution in [0.15, 0.2) is 30.3 Å². The third-order valence-electron chi connectivity index (χ3n) is 3.81. The van der Waals surface area contributed by atoms with Gasteiger partial charge in [0.25, 0.3) is 0 Å². The van der Waals surface area contributed by atoms with Gasteiger partial charge < -0.3 is 14.8 Å². The Morgan fingerprint density at radius 2 is 1.95 bits per heavy atom. The van der Waals surface area contributed by atoms with Crippen molar-refractivity contribution in [3.8, 4) is 0 Å². The Kier molecular flexibility index (Phi) is 3.02. The van der Waals surface area contributed by atoms with Crippen LogP contribution in [0.2, 0.25) is 0 Å². The van der Waals surface area contributed by atoms with Crippen LogP contribution in [-0.2, 0) is 14.3 Å². The standard InChI is InChI=1S/C13H17N3O3/c1-16-12(14)15-11(17)13(16)7-18-10(19-8-13)9-5-3-2-4-6-9/h2-6,10,12H,7-8,14H2,1H3,(H,15,17). The van der Waals surface area contributed by atoms with Gasteiger partial charge in [-0.25, -0.2) is 0 Å². The number of benzene rings is 1. The van der Waals surface area contributed by atoms with Crippen molar-refractivity contribution in [1.29, 1.82) is 0 Å². The van der Waals surface area contributed by atoms with E-state index in [4.69, 9.17) is 15.2 Å². The summed E-state index contributed by atoms with van der Waals surface area (Å²) >= 11 is 0. The van der Waals surface area contributed by atoms with E-state index in [1.54, 1.807) is 11.9 Å². The van der Waals surface area contributed by atoms with Gasteiger partial charge in [-0.1, -0.05) is 30.3 Å². The van der Waals surface area contributed by atoms with Crippen LogP contribution in [0.1, 0.15) is 11.9 Å². The Balaban J connectivity index is 1.75. The van der Waals surface area contributed by atoms with Crippen molar-refractivity contribution in [2.24, 2.45) is 5.73 Å². The molecule has 1 aromatic rings. The molecule has 1 unspecified atom stereocenters. The third-order valence-corrected chi connectivity index (χ3v) is 3.81. The van der Waals surface area contributed by atoms with E-state index in [9.17, 15) is 4.79 Å². The molecule has 6 heteroatoms. The predicted octanol–water partition coefficient (Wildman–Crippen LogP) is -0.225. The lowest BCUT2D eigenvalue weighted by Gasteiger charge is -2.39. The third kappa shape index (κ3) is 1.93. The first kappa shape index (κ1) is 12.6. The van der Waals surface area contributed by atoms with Crippen LogP contribution in [0.25, 0.3) is 0 Å². The van der Waals surface area contributed by atoms with Gasteiger partial charge in [-0.2, -0.15) is 0 Å². The summed E-state index contributed by atoms with van der Waals surface area (Å²) in [7, 11) is 1.79. The van der Waals surface area contributed by atoms with Crippen LogP contribution in [0, 0.1) is 0 Å². The lowest BCUT2D eigenvalue weighted by Crippen LogP contribution is -2.59. The average Bonchev–Trinajstić information content (AvgIpc) is 2.65. The summed E-state index contributed by atoms with van der Waals surface area (Å²) in [5.74, 6) is -0.144. The molecule has 0 saturated carbocycles. The molecular weight excluding hydrogens is 246 g/mol. The molecule has 2 fully saturated rings. The number of hydrogen-bond donors (Lipinski definition) is 2. The molecule has 1 atom stereocenters. The molecule has 1 spiro atoms. The smallest absolute Gasteiger partial charge is 0.247 e. The number of likely N-dealkylation sites (N-methyl/N-ethyl adjacent to an activating group) is 1. The Morgan fingerprint density at radius 3 is 2.47 bits per heavy atom. The fourth-order valence-electron chi connectivity index (χ4n) is 2.45. The summed E-state index contributed by atoms with van der Waals surface area (Å²) < 4.78 is 11.4. The Labute approximate surface area is 111 Å². The molecule has 3 rings (SSSR count). The van der Waals surface area contributed by atoms with Crippen molar-refractivity contribution >= 4 is 5.91 Å². The Morgan fingerprint density at radius 1 is 1.32 bits per heavy atom. The lowest BCUT2D eigenvalue weighted by atomic mass is 10.00. The minimum atomic E-state index is -0.815. The molecule has 1 aromatic carbocycles. The van der Waals surface area contributed by atoms with E-state index in [1.807, 2.05) is 30.3 Å². The first-order chi connectivity index (χ1) is 9.13. The first-order valence-corrected chi connectivity index (χ1v) is 6.21. The SMILES string of the molecule is CN1C(N)NC(=O)C12COC(c1ccccc1)OC2. The van der Waals surface area contributed by atoms with E-state index in [2.05, 4.69) is 5.32 Å². The number of nitrogens with one attached hydrogen (secondary N) is 1. The zero-order chi connectivity index (χ0) is 13.5. The van der Waals surface area contributed by atoms with Gasteiger partial charge in [-0.15, -0.1) is 0 Å². The molecule has 6 nitrogen and oxygen atoms in total. The largest absolute Gasteiger partial charge is 0.346 e. The summed E-state index contributed by atoms with van der Waals surface area (Å²) in [6.07, 6.45) is -0.919. The number of ether oxygens (including phenoxy) is 2. The molecule has 0 aliphatic carbocycles. The minimum Gasteiger partial charge on any atom is -0.346 e. The fourth-order valence-corrected chi connectivity index (χ4v) is 2.45. The topological polar surface area (TPSA) is 76.8 Å². The first-order valence-electron chi connectivity index (χ1n) is 6.21. The van der Waals surface area contributed by atoms with E-state index in [1.165, 1.54) is 0 Å². The molecule has 102 valence electrons. The Bertz CT molecular complexity index is 471. The van der Waals surface area contributed by atoms with Crippen LogP contribution < -0.4 is 11.1 Å². The van der Waals surface area contributed by atoms with Gasteiger partial charge in [0.05, 0.1) is 13.2 Å². The molecule has 19 heavy (non-hydrogen) atoms. The van der Waals surface area contributed by atoms with Crippen LogP contribution >= 0.6 is 0 Å². The molecule has 2 aliphatic rings. The van der Waals surface area contributed by atoms with Gasteiger partial charge in [-0.3, -0.25) is 15.4 Å². The number of nitrogens with zero attached hydrogens (tertiary/aromatic N) is 1. The normalized spacial score (nSPS) is 35.6. The maximum Gasteiger partial charge on any atom is 0.247 e. The van der Waals surface area contributed by atoms with Crippen LogP contribution in [0.4, 0.5) is 0 Å². The van der Waals surface area contributed by atoms with Crippen molar-refractivity contribution in [3.63, 3.8) is 0 Å². The van der Waals surface area contributed by atoms with Gasteiger partial charge in [-0.05, 0) is 7.05 Å². The highest BCUT2D eigenvalue weighted by atomic mass is 16.7. The highest BCUT2D eigenvalue weighted by molar-refractivity contribution is 5.89. The number of carbonyl (C=O) groups is 1. The quantitative estimate of drug-likeness (QED) is 0.732. The van der Waals surface area contributed by atoms with Crippen molar-refractivity contribution in [2.75, 3.05) is 20.3 Å². The molecular formula is C13H17N3O3. The fraction of sp³-hybridized carbons (Fsp3) is 0.462. The highest BCUT2D eigenvalue weighted by Gasteiger charge is 2.53. The van der Waals surface area contributed by atoms with Crippen molar-refractivity contribution in [2.45, 2.75) is 18.1 Å². The van der Waals surface area contributed by atoms with Crippen LogP contribution in [0.5, 0.6) is 0 Å². The zero-order valence-corrected chi connectivity index (χ0v) is 10.7. The summed E-state index contributed by atoms with van der Waals surface area (Å²) in [4.78, 5) is 13.8. The van der Waals surface area contributed by atoms with Gasteiger partial charge in [0.15, 0.2) is 11.8 Å². The summed E-state index contributed by atoms with van der Waals surface area (Å²) in [6.45, 7) is 0.533. The second kappa shape index (κ2) is 4.57. The number of rotatable bonds is 1. The van der Waals surface area contributed by atoms with Gasteiger partial charge in [0.2, 0.25) is 5.91 Å². The summed E-state index contributed by atoms with van der Waals surface area (Å²) in [5, 5.41) is 2.69. The number of carbonyl (C=O) groups excluding carboxylic acids is 1. The number of nitrogens with two attached hydrogens (primary N) is 1. The van der Waals surface area contributed by atoms with E-state index in [-0.39, 0.29) is 19.1 Å². The van der Waals surface area contributed by atoms with E-state index in [0.29, 0.717) is 0 Å². The summed E-state index contributed by atoms with van der Waals surface area (Å²) in [5.41, 5.74) is 5.93. The minimum absolute atomic E-state index is 0.144. The maximum absolute atomic E-state index is 12.0. The Hall–Kier alpha value is -1.47. The second-order valence-corrected chi connectivity index (χ2v) is 4.93. The molecule has 2 heterocycles. The molecule has 3 N–H and O–H groups in total. The number of amides is 1. The lowest BCUT2D eigenvalue weighted by molar-refractivity contribution is -0.229. The van der Waals surface area contributed by atoms with Crippen molar-refractivity contribution < 1.29 is 14.3 Å². The molecule has 0 radical (unpaired) electrons. The van der Waals surface area contributed by atoms with Crippen molar-refractivity contribution in [3.05, 3.63) is 35.9 Å². The van der Waals surface area contributed by atoms with E-state index in [0.717, 1.165) is 5.56 Å². The zero-order valence-electron chi connectivity index (χ0n) is 10.7. The van der Waals surface area contributed by atoms with Crippen LogP contribution in [0.3, 0.4) is 0 Å².